The number of hydrogen-bond donors (Lipinski definition) is 3. The van der Waals surface area contributed by atoms with Crippen molar-refractivity contribution in [2.24, 2.45) is 9.36 Å². The summed E-state index contributed by atoms with van der Waals surface area (Å²) in [7, 11) is -1.03. The topological polar surface area (TPSA) is 103 Å². The fourth-order valence-electron chi connectivity index (χ4n) is 1.99. The van der Waals surface area contributed by atoms with Crippen molar-refractivity contribution in [3.63, 3.8) is 0 Å². The highest BCUT2D eigenvalue weighted by atomic mass is 32.2. The summed E-state index contributed by atoms with van der Waals surface area (Å²) in [5, 5.41) is 10.6. The second-order valence-corrected chi connectivity index (χ2v) is 9.02. The summed E-state index contributed by atoms with van der Waals surface area (Å²) in [6.45, 7) is 1.94. The van der Waals surface area contributed by atoms with E-state index in [0.717, 1.165) is 16.9 Å². The summed E-state index contributed by atoms with van der Waals surface area (Å²) >= 11 is 1.47. The highest BCUT2D eigenvalue weighted by Gasteiger charge is 2.35. The lowest BCUT2D eigenvalue weighted by Crippen LogP contribution is -2.17. The van der Waals surface area contributed by atoms with Gasteiger partial charge >= 0.3 is 6.18 Å². The van der Waals surface area contributed by atoms with Gasteiger partial charge in [-0.3, -0.25) is 4.99 Å². The molecule has 1 aromatic rings. The van der Waals surface area contributed by atoms with Gasteiger partial charge in [-0.2, -0.15) is 17.5 Å². The van der Waals surface area contributed by atoms with Crippen LogP contribution in [0.3, 0.4) is 0 Å². The lowest BCUT2D eigenvalue weighted by molar-refractivity contribution is -0.0922. The second-order valence-electron chi connectivity index (χ2n) is 5.51. The third kappa shape index (κ3) is 5.91. The van der Waals surface area contributed by atoms with E-state index in [1.807, 2.05) is 6.92 Å². The molecule has 0 saturated carbocycles. The molecule has 0 spiro atoms. The van der Waals surface area contributed by atoms with E-state index in [2.05, 4.69) is 24.4 Å². The molecule has 3 N–H and O–H groups in total. The van der Waals surface area contributed by atoms with Crippen molar-refractivity contribution in [3.8, 4) is 0 Å². The molecule has 1 aromatic heterocycles. The molecular formula is C16H19F3N6OS2. The van der Waals surface area contributed by atoms with E-state index in [0.29, 0.717) is 17.6 Å². The molecule has 1 unspecified atom stereocenters. The van der Waals surface area contributed by atoms with Crippen LogP contribution in [0.2, 0.25) is 0 Å². The average molecular weight is 432 g/mol. The van der Waals surface area contributed by atoms with Gasteiger partial charge in [-0.25, -0.2) is 13.9 Å². The van der Waals surface area contributed by atoms with E-state index in [-0.39, 0.29) is 11.3 Å². The van der Waals surface area contributed by atoms with Crippen LogP contribution in [-0.4, -0.2) is 46.4 Å². The van der Waals surface area contributed by atoms with Crippen LogP contribution in [-0.2, 0) is 9.92 Å². The summed E-state index contributed by atoms with van der Waals surface area (Å²) in [5.41, 5.74) is -0.817. The largest absolute Gasteiger partial charge is 0.433 e. The Bertz CT molecular complexity index is 975. The van der Waals surface area contributed by atoms with E-state index < -0.39 is 21.8 Å². The van der Waals surface area contributed by atoms with Crippen LogP contribution in [0, 0.1) is 5.41 Å². The first-order chi connectivity index (χ1) is 13.1. The van der Waals surface area contributed by atoms with Crippen molar-refractivity contribution < 1.29 is 17.4 Å². The number of rotatable bonds is 6. The Kier molecular flexibility index (Phi) is 7.01. The molecule has 0 saturated heterocycles. The highest BCUT2D eigenvalue weighted by molar-refractivity contribution is 7.99. The standard InChI is InChI=1S/C16H19F3N6OS2/c1-4-27-13-5-11(25-28(3,26)21-2)9-24-15(13)23-8-10-7-22-14(6-12(10)20)16(17,18)19/h5-9,20H,4H2,1-3H3,(H,23,24)(H,21,25,26)/b10-8-,20-12?. The quantitative estimate of drug-likeness (QED) is 0.593. The van der Waals surface area contributed by atoms with Crippen LogP contribution >= 0.6 is 11.8 Å². The smallest absolute Gasteiger partial charge is 0.345 e. The molecule has 1 atom stereocenters. The lowest BCUT2D eigenvalue weighted by Gasteiger charge is -2.13. The third-order valence-corrected chi connectivity index (χ3v) is 5.61. The number of pyridine rings is 1. The normalized spacial score (nSPS) is 18.0. The highest BCUT2D eigenvalue weighted by Crippen LogP contribution is 2.31. The maximum absolute atomic E-state index is 12.7. The summed E-state index contributed by atoms with van der Waals surface area (Å²) in [6, 6.07) is 1.71. The number of nitrogens with one attached hydrogen (secondary N) is 3. The van der Waals surface area contributed by atoms with Gasteiger partial charge in [0, 0.05) is 24.2 Å². The predicted molar refractivity (Wildman–Crippen MR) is 108 cm³/mol. The van der Waals surface area contributed by atoms with Crippen molar-refractivity contribution in [3.05, 3.63) is 35.8 Å². The minimum Gasteiger partial charge on any atom is -0.345 e. The number of aromatic nitrogens is 1. The van der Waals surface area contributed by atoms with Gasteiger partial charge in [0.1, 0.15) is 21.4 Å². The van der Waals surface area contributed by atoms with Crippen molar-refractivity contribution in [1.82, 2.24) is 9.71 Å². The van der Waals surface area contributed by atoms with Crippen molar-refractivity contribution in [2.45, 2.75) is 18.0 Å². The lowest BCUT2D eigenvalue weighted by atomic mass is 10.1. The Morgan fingerprint density at radius 3 is 2.71 bits per heavy atom. The van der Waals surface area contributed by atoms with Gasteiger partial charge in [-0.05, 0) is 24.9 Å². The third-order valence-electron chi connectivity index (χ3n) is 3.39. The summed E-state index contributed by atoms with van der Waals surface area (Å²) in [4.78, 5) is 8.32. The van der Waals surface area contributed by atoms with Gasteiger partial charge in [-0.15, -0.1) is 11.8 Å². The molecule has 28 heavy (non-hydrogen) atoms. The molecule has 0 radical (unpaired) electrons. The monoisotopic (exact) mass is 432 g/mol. The van der Waals surface area contributed by atoms with Crippen molar-refractivity contribution in [2.75, 3.05) is 24.4 Å². The number of aliphatic imine (C=N–C) groups is 1. The number of hydrogen-bond acceptors (Lipinski definition) is 7. The first-order valence-electron chi connectivity index (χ1n) is 7.98. The number of allylic oxidation sites excluding steroid dienone is 3. The molecule has 0 aliphatic carbocycles. The van der Waals surface area contributed by atoms with Gasteiger partial charge < -0.3 is 10.7 Å². The Balaban J connectivity index is 2.27. The van der Waals surface area contributed by atoms with Crippen molar-refractivity contribution in [1.29, 1.82) is 5.41 Å². The van der Waals surface area contributed by atoms with E-state index in [1.165, 1.54) is 30.4 Å². The molecule has 0 aromatic carbocycles. The van der Waals surface area contributed by atoms with E-state index in [9.17, 15) is 17.4 Å². The Morgan fingerprint density at radius 2 is 2.14 bits per heavy atom. The van der Waals surface area contributed by atoms with E-state index in [1.54, 1.807) is 13.1 Å². The van der Waals surface area contributed by atoms with Crippen molar-refractivity contribution >= 4 is 45.1 Å². The Morgan fingerprint density at radius 1 is 1.43 bits per heavy atom. The molecule has 12 heteroatoms. The first kappa shape index (κ1) is 22.1. The average Bonchev–Trinajstić information content (AvgIpc) is 2.61. The first-order valence-corrected chi connectivity index (χ1v) is 10.9. The minimum atomic E-state index is -4.60. The molecule has 0 bridgehead atoms. The number of thioether (sulfide) groups is 1. The molecule has 0 amide bonds. The summed E-state index contributed by atoms with van der Waals surface area (Å²) < 4.78 is 56.8. The molecule has 7 nitrogen and oxygen atoms in total. The maximum atomic E-state index is 12.7. The van der Waals surface area contributed by atoms with Crippen LogP contribution < -0.4 is 10.0 Å². The zero-order valence-electron chi connectivity index (χ0n) is 15.3. The Hall–Kier alpha value is -2.18. The van der Waals surface area contributed by atoms with Gasteiger partial charge in [0.05, 0.1) is 22.5 Å². The fraction of sp³-hybridized carbons (Fsp3) is 0.312. The van der Waals surface area contributed by atoms with Gasteiger partial charge in [0.2, 0.25) is 0 Å². The molecular weight excluding hydrogens is 413 g/mol. The fourth-order valence-corrected chi connectivity index (χ4v) is 3.34. The molecule has 2 heterocycles. The predicted octanol–water partition coefficient (Wildman–Crippen LogP) is 3.90. The zero-order chi connectivity index (χ0) is 20.9. The molecule has 0 fully saturated rings. The zero-order valence-corrected chi connectivity index (χ0v) is 16.9. The second kappa shape index (κ2) is 8.88. The van der Waals surface area contributed by atoms with Crippen LogP contribution in [0.4, 0.5) is 24.7 Å². The van der Waals surface area contributed by atoms with Gasteiger partial charge in [-0.1, -0.05) is 6.92 Å². The van der Waals surface area contributed by atoms with Crippen LogP contribution in [0.15, 0.2) is 50.1 Å². The van der Waals surface area contributed by atoms with E-state index >= 15 is 0 Å². The SMILES string of the molecule is CCSc1cc(N=S(C)(=O)NC)cnc1N/C=C1/C=NC(C(F)(F)F)=CC1=N. The molecule has 1 aliphatic heterocycles. The van der Waals surface area contributed by atoms with Gasteiger partial charge in [0.25, 0.3) is 0 Å². The molecule has 2 rings (SSSR count). The maximum Gasteiger partial charge on any atom is 0.433 e. The summed E-state index contributed by atoms with van der Waals surface area (Å²) in [6.07, 6.45) is 1.31. The molecule has 152 valence electrons. The number of alkyl halides is 3. The van der Waals surface area contributed by atoms with E-state index in [4.69, 9.17) is 5.41 Å². The minimum absolute atomic E-state index is 0.183. The molecule has 1 aliphatic rings. The van der Waals surface area contributed by atoms with Gasteiger partial charge in [0.15, 0.2) is 0 Å². The number of halogens is 3. The van der Waals surface area contributed by atoms with Crippen LogP contribution in [0.5, 0.6) is 0 Å². The number of nitrogens with zero attached hydrogens (tertiary/aromatic N) is 3. The number of anilines is 1. The summed E-state index contributed by atoms with van der Waals surface area (Å²) in [5.74, 6) is 1.18. The van der Waals surface area contributed by atoms with Crippen LogP contribution in [0.1, 0.15) is 6.92 Å². The van der Waals surface area contributed by atoms with Crippen LogP contribution in [0.25, 0.3) is 0 Å². The Labute approximate surface area is 165 Å².